The lowest BCUT2D eigenvalue weighted by molar-refractivity contribution is -0.186. The highest BCUT2D eigenvalue weighted by Crippen LogP contribution is 2.55. The van der Waals surface area contributed by atoms with E-state index in [1.807, 2.05) is 6.08 Å². The minimum atomic E-state index is -4.91. The van der Waals surface area contributed by atoms with E-state index in [1.165, 1.54) is 7.11 Å². The monoisotopic (exact) mass is 369 g/mol. The third kappa shape index (κ3) is 2.39. The number of hydrogen-bond acceptors (Lipinski definition) is 4. The van der Waals surface area contributed by atoms with E-state index in [-0.39, 0.29) is 19.5 Å². The number of methoxy groups -OCH3 is 1. The Bertz CT molecular complexity index is 791. The molecule has 2 unspecified atom stereocenters. The van der Waals surface area contributed by atoms with E-state index in [1.54, 1.807) is 18.2 Å². The summed E-state index contributed by atoms with van der Waals surface area (Å²) < 4.78 is 50.3. The normalized spacial score (nSPS) is 29.5. The molecular formula is C18H18F3NO4. The zero-order chi connectivity index (χ0) is 18.7. The van der Waals surface area contributed by atoms with Crippen LogP contribution in [0.5, 0.6) is 11.5 Å². The summed E-state index contributed by atoms with van der Waals surface area (Å²) in [5.41, 5.74) is 0.709. The van der Waals surface area contributed by atoms with Crippen molar-refractivity contribution in [3.8, 4) is 11.5 Å². The van der Waals surface area contributed by atoms with Crippen molar-refractivity contribution in [3.63, 3.8) is 0 Å². The number of alkyl halides is 3. The van der Waals surface area contributed by atoms with Crippen LogP contribution in [0.2, 0.25) is 0 Å². The average Bonchev–Trinajstić information content (AvgIpc) is 2.82. The Morgan fingerprint density at radius 2 is 2.19 bits per heavy atom. The van der Waals surface area contributed by atoms with Crippen LogP contribution in [-0.2, 0) is 16.8 Å². The van der Waals surface area contributed by atoms with Gasteiger partial charge in [0, 0.05) is 25.1 Å². The number of aliphatic hydroxyl groups excluding tert-OH is 1. The number of amides is 1. The van der Waals surface area contributed by atoms with Gasteiger partial charge in [-0.15, -0.1) is 0 Å². The minimum absolute atomic E-state index is 0.0466. The summed E-state index contributed by atoms with van der Waals surface area (Å²) in [5, 5.41) is 9.96. The Kier molecular flexibility index (Phi) is 3.73. The van der Waals surface area contributed by atoms with E-state index in [2.05, 4.69) is 0 Å². The van der Waals surface area contributed by atoms with Crippen molar-refractivity contribution in [1.82, 2.24) is 4.90 Å². The smallest absolute Gasteiger partial charge is 0.471 e. The highest BCUT2D eigenvalue weighted by molar-refractivity contribution is 5.82. The molecule has 1 aromatic rings. The van der Waals surface area contributed by atoms with E-state index in [4.69, 9.17) is 9.47 Å². The van der Waals surface area contributed by atoms with Gasteiger partial charge in [0.05, 0.1) is 18.6 Å². The average molecular weight is 369 g/mol. The first-order valence-electron chi connectivity index (χ1n) is 8.37. The largest absolute Gasteiger partial charge is 0.493 e. The van der Waals surface area contributed by atoms with E-state index in [9.17, 15) is 23.1 Å². The van der Waals surface area contributed by atoms with Crippen LogP contribution >= 0.6 is 0 Å². The van der Waals surface area contributed by atoms with E-state index in [0.29, 0.717) is 23.5 Å². The number of halogens is 3. The second kappa shape index (κ2) is 5.64. The predicted octanol–water partition coefficient (Wildman–Crippen LogP) is 2.31. The van der Waals surface area contributed by atoms with Crippen LogP contribution in [0, 0.1) is 0 Å². The van der Waals surface area contributed by atoms with Crippen molar-refractivity contribution < 1.29 is 32.5 Å². The topological polar surface area (TPSA) is 59.0 Å². The molecule has 8 heteroatoms. The molecule has 140 valence electrons. The molecule has 1 aliphatic carbocycles. The number of nitrogens with zero attached hydrogens (tertiary/aromatic N) is 1. The Morgan fingerprint density at radius 3 is 2.88 bits per heavy atom. The maximum atomic E-state index is 13.0. The molecule has 2 heterocycles. The lowest BCUT2D eigenvalue weighted by atomic mass is 9.69. The van der Waals surface area contributed by atoms with Crippen molar-refractivity contribution in [3.05, 3.63) is 35.4 Å². The molecule has 0 saturated carbocycles. The zero-order valence-corrected chi connectivity index (χ0v) is 14.0. The molecule has 1 spiro atoms. The van der Waals surface area contributed by atoms with Crippen LogP contribution in [0.3, 0.4) is 0 Å². The summed E-state index contributed by atoms with van der Waals surface area (Å²) in [5.74, 6) is -0.846. The first-order valence-corrected chi connectivity index (χ1v) is 8.37. The van der Waals surface area contributed by atoms with Gasteiger partial charge in [0.15, 0.2) is 11.5 Å². The summed E-state index contributed by atoms with van der Waals surface area (Å²) in [4.78, 5) is 12.7. The molecule has 4 rings (SSSR count). The van der Waals surface area contributed by atoms with Crippen LogP contribution in [-0.4, -0.2) is 48.0 Å². The quantitative estimate of drug-likeness (QED) is 0.772. The first-order chi connectivity index (χ1) is 12.3. The van der Waals surface area contributed by atoms with Gasteiger partial charge in [-0.05, 0) is 18.1 Å². The number of carbonyl (C=O) groups excluding carboxylic acids is 1. The summed E-state index contributed by atoms with van der Waals surface area (Å²) >= 11 is 0. The fourth-order valence-corrected chi connectivity index (χ4v) is 4.29. The van der Waals surface area contributed by atoms with Crippen LogP contribution < -0.4 is 9.47 Å². The molecule has 1 N–H and O–H groups in total. The lowest BCUT2D eigenvalue weighted by Crippen LogP contribution is -2.45. The van der Waals surface area contributed by atoms with Gasteiger partial charge >= 0.3 is 12.1 Å². The maximum Gasteiger partial charge on any atom is 0.471 e. The van der Waals surface area contributed by atoms with E-state index in [0.717, 1.165) is 10.5 Å². The highest BCUT2D eigenvalue weighted by atomic mass is 19.4. The number of hydrogen-bond donors (Lipinski definition) is 1. The van der Waals surface area contributed by atoms with Crippen LogP contribution in [0.1, 0.15) is 24.0 Å². The van der Waals surface area contributed by atoms with Gasteiger partial charge in [-0.2, -0.15) is 13.2 Å². The van der Waals surface area contributed by atoms with Crippen molar-refractivity contribution in [2.75, 3.05) is 13.7 Å². The third-order valence-electron chi connectivity index (χ3n) is 5.49. The molecule has 1 aromatic carbocycles. The van der Waals surface area contributed by atoms with Crippen LogP contribution in [0.4, 0.5) is 13.2 Å². The summed E-state index contributed by atoms with van der Waals surface area (Å²) in [7, 11) is 1.50. The Morgan fingerprint density at radius 1 is 1.42 bits per heavy atom. The lowest BCUT2D eigenvalue weighted by Gasteiger charge is -2.35. The zero-order valence-electron chi connectivity index (χ0n) is 14.0. The molecule has 0 aromatic heterocycles. The van der Waals surface area contributed by atoms with Crippen LogP contribution in [0.15, 0.2) is 24.3 Å². The molecule has 0 radical (unpaired) electrons. The molecular weight excluding hydrogens is 351 g/mol. The van der Waals surface area contributed by atoms with Gasteiger partial charge < -0.3 is 19.5 Å². The second-order valence-electron chi connectivity index (χ2n) is 6.91. The Hall–Kier alpha value is -2.22. The number of rotatable bonds is 1. The molecule has 3 aliphatic rings. The third-order valence-corrected chi connectivity index (χ3v) is 5.49. The van der Waals surface area contributed by atoms with Gasteiger partial charge in [0.1, 0.15) is 6.10 Å². The Balaban J connectivity index is 1.84. The number of aliphatic hydroxyl groups is 1. The summed E-state index contributed by atoms with van der Waals surface area (Å²) in [6.45, 7) is -0.187. The fourth-order valence-electron chi connectivity index (χ4n) is 4.29. The van der Waals surface area contributed by atoms with Crippen molar-refractivity contribution in [2.45, 2.75) is 43.2 Å². The van der Waals surface area contributed by atoms with Crippen molar-refractivity contribution >= 4 is 5.91 Å². The van der Waals surface area contributed by atoms with Gasteiger partial charge in [-0.25, -0.2) is 0 Å². The molecule has 26 heavy (non-hydrogen) atoms. The van der Waals surface area contributed by atoms with E-state index >= 15 is 0 Å². The summed E-state index contributed by atoms with van der Waals surface area (Å²) in [6, 6.07) is 3.33. The number of benzene rings is 1. The fraction of sp³-hybridized carbons (Fsp3) is 0.500. The van der Waals surface area contributed by atoms with Crippen molar-refractivity contribution in [2.24, 2.45) is 0 Å². The molecule has 0 saturated heterocycles. The number of ether oxygens (including phenoxy) is 2. The predicted molar refractivity (Wildman–Crippen MR) is 84.9 cm³/mol. The van der Waals surface area contributed by atoms with Gasteiger partial charge in [0.2, 0.25) is 0 Å². The first kappa shape index (κ1) is 17.2. The standard InChI is InChI=1S/C18H18F3NO4/c1-25-12-3-2-10-9-22(16(24)18(19,20)21)7-6-17-5-4-11(23)8-13(17)26-15(12)14(10)17/h2-5,11,13,23H,6-9H2,1H3/t11-,13?,17?/m0/s1. The molecule has 0 bridgehead atoms. The van der Waals surface area contributed by atoms with Crippen LogP contribution in [0.25, 0.3) is 0 Å². The minimum Gasteiger partial charge on any atom is -0.493 e. The molecule has 1 amide bonds. The SMILES string of the molecule is COc1ccc2c3c1OC1C[C@@H](O)C=CC31CCN(C(=O)C(F)(F)F)C2. The summed E-state index contributed by atoms with van der Waals surface area (Å²) in [6.07, 6.45) is -1.90. The molecule has 5 nitrogen and oxygen atoms in total. The molecule has 0 fully saturated rings. The van der Waals surface area contributed by atoms with Gasteiger partial charge in [0.25, 0.3) is 0 Å². The molecule has 3 atom stereocenters. The Labute approximate surface area is 148 Å². The maximum absolute atomic E-state index is 13.0. The van der Waals surface area contributed by atoms with Gasteiger partial charge in [-0.1, -0.05) is 18.2 Å². The van der Waals surface area contributed by atoms with Gasteiger partial charge in [-0.3, -0.25) is 4.79 Å². The van der Waals surface area contributed by atoms with E-state index < -0.39 is 29.7 Å². The van der Waals surface area contributed by atoms with Crippen molar-refractivity contribution in [1.29, 1.82) is 0 Å². The highest BCUT2D eigenvalue weighted by Gasteiger charge is 2.54. The number of carbonyl (C=O) groups is 1. The second-order valence-corrected chi connectivity index (χ2v) is 6.91. The molecule has 2 aliphatic heterocycles.